The van der Waals surface area contributed by atoms with Gasteiger partial charge in [-0.1, -0.05) is 44.4 Å². The SMILES string of the molecule is Cc1ccc(S(=O)(=O)NCC2CCC(C(=O)N[C@@H]3CCC[C@@H](C)[C@H]3C)CC2)cc1. The Kier molecular flexibility index (Phi) is 7.38. The van der Waals surface area contributed by atoms with E-state index in [4.69, 9.17) is 0 Å². The lowest BCUT2D eigenvalue weighted by Gasteiger charge is -2.36. The van der Waals surface area contributed by atoms with Crippen LogP contribution in [0.5, 0.6) is 0 Å². The highest BCUT2D eigenvalue weighted by atomic mass is 32.2. The van der Waals surface area contributed by atoms with Gasteiger partial charge in [-0.3, -0.25) is 4.79 Å². The number of benzene rings is 1. The predicted octanol–water partition coefficient (Wildman–Crippen LogP) is 4.02. The highest BCUT2D eigenvalue weighted by Crippen LogP contribution is 2.32. The van der Waals surface area contributed by atoms with Crippen molar-refractivity contribution in [1.82, 2.24) is 10.0 Å². The summed E-state index contributed by atoms with van der Waals surface area (Å²) in [6, 6.07) is 7.22. The minimum Gasteiger partial charge on any atom is -0.353 e. The van der Waals surface area contributed by atoms with E-state index in [0.29, 0.717) is 35.2 Å². The van der Waals surface area contributed by atoms with Gasteiger partial charge in [0.1, 0.15) is 0 Å². The van der Waals surface area contributed by atoms with Crippen LogP contribution in [0.3, 0.4) is 0 Å². The maximum Gasteiger partial charge on any atom is 0.240 e. The van der Waals surface area contributed by atoms with Crippen LogP contribution in [0.4, 0.5) is 0 Å². The van der Waals surface area contributed by atoms with Gasteiger partial charge in [0.25, 0.3) is 0 Å². The van der Waals surface area contributed by atoms with Crippen LogP contribution in [0.15, 0.2) is 29.2 Å². The van der Waals surface area contributed by atoms with Crippen molar-refractivity contribution in [2.45, 2.75) is 76.7 Å². The van der Waals surface area contributed by atoms with Crippen LogP contribution in [-0.4, -0.2) is 26.9 Å². The van der Waals surface area contributed by atoms with Gasteiger partial charge in [0.2, 0.25) is 15.9 Å². The van der Waals surface area contributed by atoms with Crippen LogP contribution in [0.25, 0.3) is 0 Å². The molecule has 0 radical (unpaired) electrons. The Balaban J connectivity index is 1.44. The fourth-order valence-corrected chi connectivity index (χ4v) is 5.86. The van der Waals surface area contributed by atoms with Crippen LogP contribution < -0.4 is 10.0 Å². The average molecular weight is 421 g/mol. The summed E-state index contributed by atoms with van der Waals surface area (Å²) < 4.78 is 27.7. The zero-order chi connectivity index (χ0) is 21.0. The second-order valence-corrected chi connectivity index (χ2v) is 11.0. The zero-order valence-electron chi connectivity index (χ0n) is 18.0. The monoisotopic (exact) mass is 420 g/mol. The van der Waals surface area contributed by atoms with Crippen LogP contribution in [0.1, 0.15) is 64.4 Å². The molecule has 3 atom stereocenters. The summed E-state index contributed by atoms with van der Waals surface area (Å²) in [4.78, 5) is 13.0. The molecular weight excluding hydrogens is 384 g/mol. The van der Waals surface area contributed by atoms with Crippen molar-refractivity contribution in [1.29, 1.82) is 0 Å². The van der Waals surface area contributed by atoms with Gasteiger partial charge in [0, 0.05) is 18.5 Å². The lowest BCUT2D eigenvalue weighted by Crippen LogP contribution is -2.46. The average Bonchev–Trinajstić information content (AvgIpc) is 2.70. The van der Waals surface area contributed by atoms with Crippen molar-refractivity contribution in [3.05, 3.63) is 29.8 Å². The Morgan fingerprint density at radius 1 is 1.00 bits per heavy atom. The molecule has 6 heteroatoms. The number of nitrogens with one attached hydrogen (secondary N) is 2. The summed E-state index contributed by atoms with van der Waals surface area (Å²) in [5.74, 6) is 1.79. The molecule has 0 unspecified atom stereocenters. The van der Waals surface area contributed by atoms with Gasteiger partial charge in [0.15, 0.2) is 0 Å². The zero-order valence-corrected chi connectivity index (χ0v) is 18.8. The van der Waals surface area contributed by atoms with Crippen molar-refractivity contribution in [2.24, 2.45) is 23.7 Å². The first-order valence-corrected chi connectivity index (χ1v) is 12.6. The minimum absolute atomic E-state index is 0.0735. The Hall–Kier alpha value is -1.40. The molecule has 0 aliphatic heterocycles. The molecule has 1 amide bonds. The molecule has 0 saturated heterocycles. The first-order chi connectivity index (χ1) is 13.8. The van der Waals surface area contributed by atoms with E-state index in [-0.39, 0.29) is 11.8 Å². The van der Waals surface area contributed by atoms with Crippen LogP contribution >= 0.6 is 0 Å². The van der Waals surface area contributed by atoms with E-state index in [9.17, 15) is 13.2 Å². The molecule has 1 aromatic rings. The summed E-state index contributed by atoms with van der Waals surface area (Å²) in [6.07, 6.45) is 7.03. The highest BCUT2D eigenvalue weighted by molar-refractivity contribution is 7.89. The molecule has 0 spiro atoms. The topological polar surface area (TPSA) is 75.3 Å². The predicted molar refractivity (Wildman–Crippen MR) is 116 cm³/mol. The molecule has 0 aromatic heterocycles. The standard InChI is InChI=1S/C23H36N2O3S/c1-16-7-13-21(14-8-16)29(27,28)24-15-19-9-11-20(12-10-19)23(26)25-22-6-4-5-17(2)18(22)3/h7-8,13-14,17-20,22,24H,4-6,9-12,15H2,1-3H3,(H,25,26)/t17-,18-,19?,20?,22-/m1/s1. The Labute approximate surface area is 176 Å². The maximum absolute atomic E-state index is 12.7. The molecule has 5 nitrogen and oxygen atoms in total. The molecule has 29 heavy (non-hydrogen) atoms. The number of aryl methyl sites for hydroxylation is 1. The summed E-state index contributed by atoms with van der Waals surface area (Å²) in [5.41, 5.74) is 1.04. The fraction of sp³-hybridized carbons (Fsp3) is 0.696. The van der Waals surface area contributed by atoms with Crippen molar-refractivity contribution < 1.29 is 13.2 Å². The van der Waals surface area contributed by atoms with Gasteiger partial charge in [-0.05, 0) is 68.9 Å². The molecule has 3 rings (SSSR count). The Morgan fingerprint density at radius 3 is 2.31 bits per heavy atom. The first kappa shape index (κ1) is 22.3. The molecule has 162 valence electrons. The number of amides is 1. The number of carbonyl (C=O) groups is 1. The van der Waals surface area contributed by atoms with Gasteiger partial charge in [0.05, 0.1) is 4.90 Å². The molecular formula is C23H36N2O3S. The number of hydrogen-bond donors (Lipinski definition) is 2. The van der Waals surface area contributed by atoms with E-state index >= 15 is 0 Å². The number of hydrogen-bond acceptors (Lipinski definition) is 3. The summed E-state index contributed by atoms with van der Waals surface area (Å²) in [7, 11) is -3.47. The second kappa shape index (κ2) is 9.61. The normalized spacial score (nSPS) is 30.7. The lowest BCUT2D eigenvalue weighted by atomic mass is 9.77. The van der Waals surface area contributed by atoms with E-state index < -0.39 is 10.0 Å². The molecule has 2 saturated carbocycles. The smallest absolute Gasteiger partial charge is 0.240 e. The van der Waals surface area contributed by atoms with E-state index in [1.807, 2.05) is 19.1 Å². The van der Waals surface area contributed by atoms with Gasteiger partial charge >= 0.3 is 0 Å². The molecule has 2 fully saturated rings. The van der Waals surface area contributed by atoms with E-state index in [1.54, 1.807) is 12.1 Å². The van der Waals surface area contributed by atoms with Gasteiger partial charge < -0.3 is 5.32 Å². The Morgan fingerprint density at radius 2 is 1.66 bits per heavy atom. The second-order valence-electron chi connectivity index (χ2n) is 9.26. The number of rotatable bonds is 6. The van der Waals surface area contributed by atoms with E-state index in [1.165, 1.54) is 12.8 Å². The van der Waals surface area contributed by atoms with Crippen molar-refractivity contribution in [3.8, 4) is 0 Å². The third kappa shape index (κ3) is 5.82. The van der Waals surface area contributed by atoms with Crippen LogP contribution in [0, 0.1) is 30.6 Å². The third-order valence-electron chi connectivity index (χ3n) is 7.15. The quantitative estimate of drug-likeness (QED) is 0.730. The van der Waals surface area contributed by atoms with E-state index in [2.05, 4.69) is 23.9 Å². The van der Waals surface area contributed by atoms with Crippen molar-refractivity contribution in [3.63, 3.8) is 0 Å². The van der Waals surface area contributed by atoms with Gasteiger partial charge in [-0.2, -0.15) is 0 Å². The van der Waals surface area contributed by atoms with Crippen LogP contribution in [0.2, 0.25) is 0 Å². The van der Waals surface area contributed by atoms with Gasteiger partial charge in [-0.15, -0.1) is 0 Å². The fourth-order valence-electron chi connectivity index (χ4n) is 4.74. The minimum atomic E-state index is -3.47. The van der Waals surface area contributed by atoms with Gasteiger partial charge in [-0.25, -0.2) is 13.1 Å². The lowest BCUT2D eigenvalue weighted by molar-refractivity contribution is -0.127. The molecule has 2 N–H and O–H groups in total. The summed E-state index contributed by atoms with van der Waals surface area (Å²) in [5, 5.41) is 3.32. The largest absolute Gasteiger partial charge is 0.353 e. The van der Waals surface area contributed by atoms with Crippen LogP contribution in [-0.2, 0) is 14.8 Å². The number of carbonyl (C=O) groups excluding carboxylic acids is 1. The van der Waals surface area contributed by atoms with Crippen molar-refractivity contribution >= 4 is 15.9 Å². The third-order valence-corrected chi connectivity index (χ3v) is 8.58. The number of sulfonamides is 1. The molecule has 1 aromatic carbocycles. The van der Waals surface area contributed by atoms with Crippen molar-refractivity contribution in [2.75, 3.05) is 6.54 Å². The molecule has 0 bridgehead atoms. The molecule has 2 aliphatic rings. The van der Waals surface area contributed by atoms with E-state index in [0.717, 1.165) is 37.7 Å². The summed E-state index contributed by atoms with van der Waals surface area (Å²) in [6.45, 7) is 6.92. The highest BCUT2D eigenvalue weighted by Gasteiger charge is 2.32. The molecule has 0 heterocycles. The first-order valence-electron chi connectivity index (χ1n) is 11.1. The Bertz CT molecular complexity index is 783. The molecule has 2 aliphatic carbocycles. The maximum atomic E-state index is 12.7. The summed E-state index contributed by atoms with van der Waals surface area (Å²) >= 11 is 0.